The Morgan fingerprint density at radius 3 is 2.57 bits per heavy atom. The number of hydrogen-bond acceptors (Lipinski definition) is 7. The number of rotatable bonds is 3. The van der Waals surface area contributed by atoms with E-state index in [-0.39, 0.29) is 12.5 Å². The molecule has 0 aromatic rings. The summed E-state index contributed by atoms with van der Waals surface area (Å²) in [4.78, 5) is 36.3. The van der Waals surface area contributed by atoms with E-state index in [1.165, 1.54) is 14.2 Å². The van der Waals surface area contributed by atoms with Crippen molar-refractivity contribution in [1.29, 1.82) is 0 Å². The number of nitrogens with one attached hydrogen (secondary N) is 1. The van der Waals surface area contributed by atoms with Crippen LogP contribution in [0.4, 0.5) is 4.79 Å². The molecule has 1 heterocycles. The second kappa shape index (κ2) is 5.88. The van der Waals surface area contributed by atoms with Crippen LogP contribution in [0.25, 0.3) is 0 Å². The number of nitrogens with zero attached hydrogens (tertiary/aromatic N) is 1. The molecule has 21 heavy (non-hydrogen) atoms. The highest BCUT2D eigenvalue weighted by molar-refractivity contribution is 5.89. The third-order valence-corrected chi connectivity index (χ3v) is 4.15. The lowest BCUT2D eigenvalue weighted by Crippen LogP contribution is -2.54. The topological polar surface area (TPSA) is 94.2 Å². The van der Waals surface area contributed by atoms with E-state index >= 15 is 0 Å². The van der Waals surface area contributed by atoms with Crippen LogP contribution in [0.5, 0.6) is 0 Å². The van der Waals surface area contributed by atoms with Gasteiger partial charge in [0.15, 0.2) is 6.04 Å². The van der Waals surface area contributed by atoms with Crippen LogP contribution < -0.4 is 5.43 Å². The maximum absolute atomic E-state index is 12.2. The Kier molecular flexibility index (Phi) is 4.36. The lowest BCUT2D eigenvalue weighted by atomic mass is 9.84. The van der Waals surface area contributed by atoms with Gasteiger partial charge in [-0.05, 0) is 19.8 Å². The Hall–Kier alpha value is -1.83. The molecule has 1 N–H and O–H groups in total. The first-order chi connectivity index (χ1) is 10.0. The van der Waals surface area contributed by atoms with Gasteiger partial charge in [-0.2, -0.15) is 0 Å². The largest absolute Gasteiger partial charge is 0.468 e. The molecular formula is C13H20N2O6. The second-order valence-corrected chi connectivity index (χ2v) is 5.11. The van der Waals surface area contributed by atoms with Crippen LogP contribution in [0.3, 0.4) is 0 Å². The Balaban J connectivity index is 2.37. The standard InChI is InChI=1S/C13H20N2O6/c1-4-21-10(16)9-8-6-5-7-13(8,11(17)19-2)14-15(9)12(18)20-3/h8-9,14H,4-7H2,1-3H3/t8-,9+,13-/m1/s1. The Labute approximate surface area is 122 Å². The average Bonchev–Trinajstić information content (AvgIpc) is 3.02. The molecule has 1 saturated carbocycles. The number of fused-ring (bicyclic) bond motifs is 1. The number of ether oxygens (including phenoxy) is 3. The summed E-state index contributed by atoms with van der Waals surface area (Å²) in [5, 5.41) is 1.05. The van der Waals surface area contributed by atoms with Gasteiger partial charge in [0.25, 0.3) is 0 Å². The number of hydrazine groups is 1. The molecule has 8 nitrogen and oxygen atoms in total. The third-order valence-electron chi connectivity index (χ3n) is 4.15. The van der Waals surface area contributed by atoms with E-state index in [2.05, 4.69) is 10.2 Å². The van der Waals surface area contributed by atoms with Crippen LogP contribution in [0.2, 0.25) is 0 Å². The van der Waals surface area contributed by atoms with Gasteiger partial charge in [0.05, 0.1) is 20.8 Å². The van der Waals surface area contributed by atoms with Crippen molar-refractivity contribution in [2.45, 2.75) is 37.8 Å². The van der Waals surface area contributed by atoms with Crippen LogP contribution in [-0.4, -0.2) is 55.4 Å². The van der Waals surface area contributed by atoms with E-state index < -0.39 is 29.6 Å². The molecule has 1 aliphatic heterocycles. The molecule has 1 aliphatic carbocycles. The van der Waals surface area contributed by atoms with Crippen LogP contribution in [0, 0.1) is 5.92 Å². The van der Waals surface area contributed by atoms with E-state index in [0.29, 0.717) is 12.8 Å². The number of carbonyl (C=O) groups is 3. The van der Waals surface area contributed by atoms with Crippen molar-refractivity contribution in [1.82, 2.24) is 10.4 Å². The molecule has 8 heteroatoms. The van der Waals surface area contributed by atoms with Crippen molar-refractivity contribution in [2.75, 3.05) is 20.8 Å². The molecule has 0 radical (unpaired) electrons. The molecular weight excluding hydrogens is 280 g/mol. The summed E-state index contributed by atoms with van der Waals surface area (Å²) >= 11 is 0. The van der Waals surface area contributed by atoms with Gasteiger partial charge in [0.1, 0.15) is 5.54 Å². The van der Waals surface area contributed by atoms with E-state index in [1.807, 2.05) is 0 Å². The quantitative estimate of drug-likeness (QED) is 0.588. The van der Waals surface area contributed by atoms with E-state index in [4.69, 9.17) is 9.47 Å². The fourth-order valence-corrected chi connectivity index (χ4v) is 3.30. The minimum absolute atomic E-state index is 0.197. The first kappa shape index (κ1) is 15.6. The van der Waals surface area contributed by atoms with Crippen molar-refractivity contribution in [3.63, 3.8) is 0 Å². The highest BCUT2D eigenvalue weighted by atomic mass is 16.6. The Morgan fingerprint density at radius 1 is 1.29 bits per heavy atom. The van der Waals surface area contributed by atoms with Crippen LogP contribution in [0.15, 0.2) is 0 Å². The molecule has 118 valence electrons. The summed E-state index contributed by atoms with van der Waals surface area (Å²) in [5.41, 5.74) is 1.77. The van der Waals surface area contributed by atoms with Gasteiger partial charge in [-0.25, -0.2) is 24.8 Å². The Morgan fingerprint density at radius 2 is 2.00 bits per heavy atom. The summed E-state index contributed by atoms with van der Waals surface area (Å²) in [5.74, 6) is -1.41. The molecule has 2 rings (SSSR count). The molecule has 3 atom stereocenters. The Bertz CT molecular complexity index is 454. The maximum Gasteiger partial charge on any atom is 0.424 e. The average molecular weight is 300 g/mol. The van der Waals surface area contributed by atoms with Crippen LogP contribution >= 0.6 is 0 Å². The molecule has 1 saturated heterocycles. The SMILES string of the molecule is CCOC(=O)[C@@H]1[C@H]2CCC[C@@]2(C(=O)OC)NN1C(=O)OC. The number of hydrogen-bond donors (Lipinski definition) is 1. The number of amides is 1. The van der Waals surface area contributed by atoms with Crippen LogP contribution in [0.1, 0.15) is 26.2 Å². The summed E-state index contributed by atoms with van der Waals surface area (Å²) in [6, 6.07) is -0.890. The first-order valence-corrected chi connectivity index (χ1v) is 6.91. The third kappa shape index (κ3) is 2.33. The number of methoxy groups -OCH3 is 2. The normalized spacial score (nSPS) is 30.7. The highest BCUT2D eigenvalue weighted by Crippen LogP contribution is 2.45. The monoisotopic (exact) mass is 300 g/mol. The van der Waals surface area contributed by atoms with E-state index in [9.17, 15) is 14.4 Å². The van der Waals surface area contributed by atoms with Gasteiger partial charge in [-0.15, -0.1) is 0 Å². The zero-order valence-electron chi connectivity index (χ0n) is 12.4. The molecule has 0 aromatic carbocycles. The number of carbonyl (C=O) groups excluding carboxylic acids is 3. The van der Waals surface area contributed by atoms with E-state index in [0.717, 1.165) is 11.4 Å². The van der Waals surface area contributed by atoms with Crippen molar-refractivity contribution < 1.29 is 28.6 Å². The highest BCUT2D eigenvalue weighted by Gasteiger charge is 2.64. The number of esters is 2. The fraction of sp³-hybridized carbons (Fsp3) is 0.769. The lowest BCUT2D eigenvalue weighted by molar-refractivity contribution is -0.150. The van der Waals surface area contributed by atoms with Gasteiger partial charge < -0.3 is 14.2 Å². The predicted octanol–water partition coefficient (Wildman–Crippen LogP) is 0.217. The molecule has 1 amide bonds. The molecule has 0 spiro atoms. The zero-order valence-corrected chi connectivity index (χ0v) is 12.4. The zero-order chi connectivity index (χ0) is 15.6. The van der Waals surface area contributed by atoms with Crippen molar-refractivity contribution >= 4 is 18.0 Å². The van der Waals surface area contributed by atoms with Gasteiger partial charge in [-0.1, -0.05) is 6.42 Å². The summed E-state index contributed by atoms with van der Waals surface area (Å²) < 4.78 is 14.6. The summed E-state index contributed by atoms with van der Waals surface area (Å²) in [6.07, 6.45) is 1.15. The van der Waals surface area contributed by atoms with Gasteiger partial charge >= 0.3 is 18.0 Å². The molecule has 0 unspecified atom stereocenters. The maximum atomic E-state index is 12.2. The van der Waals surface area contributed by atoms with Crippen molar-refractivity contribution in [3.8, 4) is 0 Å². The van der Waals surface area contributed by atoms with Gasteiger partial charge in [0, 0.05) is 5.92 Å². The lowest BCUT2D eigenvalue weighted by Gasteiger charge is -2.25. The van der Waals surface area contributed by atoms with Crippen LogP contribution in [-0.2, 0) is 23.8 Å². The minimum atomic E-state index is -1.07. The molecule has 2 fully saturated rings. The second-order valence-electron chi connectivity index (χ2n) is 5.11. The first-order valence-electron chi connectivity index (χ1n) is 6.91. The van der Waals surface area contributed by atoms with Crippen molar-refractivity contribution in [3.05, 3.63) is 0 Å². The smallest absolute Gasteiger partial charge is 0.424 e. The van der Waals surface area contributed by atoms with Gasteiger partial charge in [0.2, 0.25) is 0 Å². The molecule has 0 aromatic heterocycles. The fourth-order valence-electron chi connectivity index (χ4n) is 3.30. The minimum Gasteiger partial charge on any atom is -0.468 e. The van der Waals surface area contributed by atoms with Crippen molar-refractivity contribution in [2.24, 2.45) is 5.92 Å². The van der Waals surface area contributed by atoms with E-state index in [1.54, 1.807) is 6.92 Å². The summed E-state index contributed by atoms with van der Waals surface area (Å²) in [7, 11) is 2.50. The summed E-state index contributed by atoms with van der Waals surface area (Å²) in [6.45, 7) is 1.88. The molecule has 0 bridgehead atoms. The van der Waals surface area contributed by atoms with Gasteiger partial charge in [-0.3, -0.25) is 0 Å². The predicted molar refractivity (Wildman–Crippen MR) is 69.9 cm³/mol. The molecule has 2 aliphatic rings.